The summed E-state index contributed by atoms with van der Waals surface area (Å²) in [5.74, 6) is 0.943. The summed E-state index contributed by atoms with van der Waals surface area (Å²) in [4.78, 5) is 2.40. The number of nitrogens with two attached hydrogens (primary N) is 1. The van der Waals surface area contributed by atoms with E-state index in [4.69, 9.17) is 10.5 Å². The predicted molar refractivity (Wildman–Crippen MR) is 83.3 cm³/mol. The van der Waals surface area contributed by atoms with Crippen LogP contribution in [0.2, 0.25) is 0 Å². The van der Waals surface area contributed by atoms with Crippen molar-refractivity contribution in [2.75, 3.05) is 30.3 Å². The number of rotatable bonds is 5. The predicted octanol–water partition coefficient (Wildman–Crippen LogP) is 3.10. The molecule has 0 unspecified atom stereocenters. The number of hydrogen-bond acceptors (Lipinski definition) is 3. The van der Waals surface area contributed by atoms with Gasteiger partial charge in [-0.25, -0.2) is 0 Å². The molecule has 0 aromatic heterocycles. The topological polar surface area (TPSA) is 38.5 Å². The van der Waals surface area contributed by atoms with E-state index in [-0.39, 0.29) is 0 Å². The highest BCUT2D eigenvalue weighted by Gasteiger charge is 2.19. The second-order valence-corrected chi connectivity index (χ2v) is 5.10. The number of ether oxygens (including phenoxy) is 1. The van der Waals surface area contributed by atoms with E-state index in [0.29, 0.717) is 0 Å². The van der Waals surface area contributed by atoms with Crippen LogP contribution in [-0.2, 0) is 6.42 Å². The summed E-state index contributed by atoms with van der Waals surface area (Å²) in [5.41, 5.74) is 9.53. The minimum absolute atomic E-state index is 0.748. The summed E-state index contributed by atoms with van der Waals surface area (Å²) in [6.45, 7) is 2.83. The summed E-state index contributed by atoms with van der Waals surface area (Å²) < 4.78 is 5.73. The van der Waals surface area contributed by atoms with E-state index in [0.717, 1.165) is 44.0 Å². The van der Waals surface area contributed by atoms with Gasteiger partial charge in [-0.3, -0.25) is 0 Å². The third kappa shape index (κ3) is 2.72. The van der Waals surface area contributed by atoms with Crippen LogP contribution in [0.25, 0.3) is 0 Å². The van der Waals surface area contributed by atoms with Crippen molar-refractivity contribution in [1.29, 1.82) is 0 Å². The van der Waals surface area contributed by atoms with Crippen LogP contribution >= 0.6 is 0 Å². The van der Waals surface area contributed by atoms with Crippen molar-refractivity contribution in [3.05, 3.63) is 54.1 Å². The molecule has 0 spiro atoms. The maximum Gasteiger partial charge on any atom is 0.119 e. The molecule has 0 saturated carbocycles. The average Bonchev–Trinajstić information content (AvgIpc) is 2.90. The van der Waals surface area contributed by atoms with Crippen molar-refractivity contribution < 1.29 is 4.74 Å². The van der Waals surface area contributed by atoms with E-state index in [9.17, 15) is 0 Å². The van der Waals surface area contributed by atoms with Gasteiger partial charge >= 0.3 is 0 Å². The molecule has 0 amide bonds. The summed E-state index contributed by atoms with van der Waals surface area (Å²) in [6, 6.07) is 16.2. The van der Waals surface area contributed by atoms with Crippen LogP contribution in [0.3, 0.4) is 0 Å². The van der Waals surface area contributed by atoms with E-state index >= 15 is 0 Å². The average molecular weight is 268 g/mol. The van der Waals surface area contributed by atoms with Crippen molar-refractivity contribution >= 4 is 11.4 Å². The van der Waals surface area contributed by atoms with Gasteiger partial charge in [-0.2, -0.15) is 0 Å². The summed E-state index contributed by atoms with van der Waals surface area (Å²) >= 11 is 0. The molecule has 0 aliphatic carbocycles. The van der Waals surface area contributed by atoms with Gasteiger partial charge in [-0.05, 0) is 37.1 Å². The Labute approximate surface area is 120 Å². The van der Waals surface area contributed by atoms with Crippen molar-refractivity contribution in [3.8, 4) is 5.75 Å². The van der Waals surface area contributed by atoms with Crippen LogP contribution in [0, 0.1) is 0 Å². The Morgan fingerprint density at radius 2 is 1.90 bits per heavy atom. The quantitative estimate of drug-likeness (QED) is 0.669. The molecule has 0 atom stereocenters. The largest absolute Gasteiger partial charge is 0.494 e. The van der Waals surface area contributed by atoms with Gasteiger partial charge in [0, 0.05) is 30.0 Å². The molecule has 104 valence electrons. The molecule has 3 nitrogen and oxygen atoms in total. The first-order chi connectivity index (χ1) is 9.84. The molecule has 0 saturated heterocycles. The van der Waals surface area contributed by atoms with E-state index in [1.807, 2.05) is 42.5 Å². The first-order valence-electron chi connectivity index (χ1n) is 7.15. The Morgan fingerprint density at radius 1 is 1.05 bits per heavy atom. The number of nitrogens with zero attached hydrogens (tertiary/aromatic N) is 1. The molecule has 0 radical (unpaired) electrons. The Bertz CT molecular complexity index is 568. The fourth-order valence-corrected chi connectivity index (χ4v) is 2.72. The van der Waals surface area contributed by atoms with Crippen LogP contribution in [0.5, 0.6) is 5.75 Å². The number of nitrogen functional groups attached to an aromatic ring is 1. The molecule has 2 N–H and O–H groups in total. The molecule has 3 heteroatoms. The number of benzene rings is 2. The Morgan fingerprint density at radius 3 is 2.75 bits per heavy atom. The molecule has 1 heterocycles. The van der Waals surface area contributed by atoms with Gasteiger partial charge in [-0.15, -0.1) is 0 Å². The van der Waals surface area contributed by atoms with E-state index < -0.39 is 0 Å². The number of para-hydroxylation sites is 1. The smallest absolute Gasteiger partial charge is 0.119 e. The molecule has 0 fully saturated rings. The van der Waals surface area contributed by atoms with Gasteiger partial charge in [0.25, 0.3) is 0 Å². The number of anilines is 2. The fraction of sp³-hybridized carbons (Fsp3) is 0.294. The Hall–Kier alpha value is -2.16. The van der Waals surface area contributed by atoms with E-state index in [1.165, 1.54) is 11.3 Å². The SMILES string of the molecule is Nc1cccc2c1CCN2CCCOc1ccccc1. The summed E-state index contributed by atoms with van der Waals surface area (Å²) in [6.07, 6.45) is 2.07. The van der Waals surface area contributed by atoms with Gasteiger partial charge in [0.15, 0.2) is 0 Å². The molecular formula is C17H20N2O. The second kappa shape index (κ2) is 5.87. The van der Waals surface area contributed by atoms with Crippen LogP contribution in [0.15, 0.2) is 48.5 Å². The van der Waals surface area contributed by atoms with Crippen LogP contribution in [0.4, 0.5) is 11.4 Å². The third-order valence-corrected chi connectivity index (χ3v) is 3.74. The zero-order chi connectivity index (χ0) is 13.8. The van der Waals surface area contributed by atoms with E-state index in [2.05, 4.69) is 11.0 Å². The molecule has 2 aromatic carbocycles. The van der Waals surface area contributed by atoms with Crippen LogP contribution in [-0.4, -0.2) is 19.7 Å². The highest BCUT2D eigenvalue weighted by atomic mass is 16.5. The summed E-state index contributed by atoms with van der Waals surface area (Å²) in [7, 11) is 0. The molecule has 1 aliphatic rings. The van der Waals surface area contributed by atoms with Gasteiger partial charge in [-0.1, -0.05) is 24.3 Å². The highest BCUT2D eigenvalue weighted by Crippen LogP contribution is 2.31. The number of hydrogen-bond donors (Lipinski definition) is 1. The maximum atomic E-state index is 6.01. The molecule has 0 bridgehead atoms. The van der Waals surface area contributed by atoms with Crippen LogP contribution in [0.1, 0.15) is 12.0 Å². The van der Waals surface area contributed by atoms with Crippen LogP contribution < -0.4 is 15.4 Å². The Balaban J connectivity index is 1.50. The lowest BCUT2D eigenvalue weighted by atomic mass is 10.1. The first-order valence-corrected chi connectivity index (χ1v) is 7.15. The van der Waals surface area contributed by atoms with E-state index in [1.54, 1.807) is 0 Å². The Kier molecular flexibility index (Phi) is 3.77. The zero-order valence-corrected chi connectivity index (χ0v) is 11.6. The van der Waals surface area contributed by atoms with Gasteiger partial charge in [0.2, 0.25) is 0 Å². The van der Waals surface area contributed by atoms with Gasteiger partial charge in [0.05, 0.1) is 6.61 Å². The molecule has 2 aromatic rings. The lowest BCUT2D eigenvalue weighted by molar-refractivity contribution is 0.312. The minimum Gasteiger partial charge on any atom is -0.494 e. The highest BCUT2D eigenvalue weighted by molar-refractivity contribution is 5.68. The van der Waals surface area contributed by atoms with Crippen molar-refractivity contribution in [2.24, 2.45) is 0 Å². The second-order valence-electron chi connectivity index (χ2n) is 5.10. The molecule has 20 heavy (non-hydrogen) atoms. The van der Waals surface area contributed by atoms with Crippen molar-refractivity contribution in [2.45, 2.75) is 12.8 Å². The lowest BCUT2D eigenvalue weighted by Gasteiger charge is -2.19. The molecule has 3 rings (SSSR count). The van der Waals surface area contributed by atoms with Gasteiger partial charge in [0.1, 0.15) is 5.75 Å². The standard InChI is InChI=1S/C17H20N2O/c18-16-8-4-9-17-15(16)10-12-19(17)11-5-13-20-14-6-2-1-3-7-14/h1-4,6-9H,5,10-13,18H2. The molecule has 1 aliphatic heterocycles. The number of fused-ring (bicyclic) bond motifs is 1. The lowest BCUT2D eigenvalue weighted by Crippen LogP contribution is -2.23. The van der Waals surface area contributed by atoms with Gasteiger partial charge < -0.3 is 15.4 Å². The summed E-state index contributed by atoms with van der Waals surface area (Å²) in [5, 5.41) is 0. The minimum atomic E-state index is 0.748. The van der Waals surface area contributed by atoms with Crippen molar-refractivity contribution in [3.63, 3.8) is 0 Å². The third-order valence-electron chi connectivity index (χ3n) is 3.74. The fourth-order valence-electron chi connectivity index (χ4n) is 2.72. The maximum absolute atomic E-state index is 6.01. The monoisotopic (exact) mass is 268 g/mol. The first kappa shape index (κ1) is 12.9. The zero-order valence-electron chi connectivity index (χ0n) is 11.6. The normalized spacial score (nSPS) is 13.3. The molecular weight excluding hydrogens is 248 g/mol. The van der Waals surface area contributed by atoms with Crippen molar-refractivity contribution in [1.82, 2.24) is 0 Å².